The fraction of sp³-hybridized carbons (Fsp3) is 0.524. The van der Waals surface area contributed by atoms with Gasteiger partial charge in [-0.1, -0.05) is 36.8 Å². The highest BCUT2D eigenvalue weighted by molar-refractivity contribution is 6.02. The molecule has 0 amide bonds. The van der Waals surface area contributed by atoms with E-state index in [0.29, 0.717) is 17.6 Å². The second-order valence-corrected chi connectivity index (χ2v) is 8.14. The highest BCUT2D eigenvalue weighted by Crippen LogP contribution is 2.62. The van der Waals surface area contributed by atoms with Gasteiger partial charge in [-0.05, 0) is 62.2 Å². The van der Waals surface area contributed by atoms with Gasteiger partial charge in [0.15, 0.2) is 5.78 Å². The molecule has 5 atom stereocenters. The maximum Gasteiger partial charge on any atom is 0.178 e. The van der Waals surface area contributed by atoms with Crippen LogP contribution in [0.25, 0.3) is 0 Å². The van der Waals surface area contributed by atoms with Crippen LogP contribution >= 0.6 is 0 Å². The molecule has 0 radical (unpaired) electrons. The molecule has 1 fully saturated rings. The van der Waals surface area contributed by atoms with Crippen LogP contribution in [-0.2, 0) is 9.59 Å². The van der Waals surface area contributed by atoms with Gasteiger partial charge in [0.25, 0.3) is 0 Å². The Bertz CT molecular complexity index is 720. The minimum Gasteiger partial charge on any atom is -0.300 e. The normalized spacial score (nSPS) is 44.1. The fourth-order valence-electron chi connectivity index (χ4n) is 5.68. The van der Waals surface area contributed by atoms with Crippen molar-refractivity contribution in [2.75, 3.05) is 0 Å². The molecule has 0 aromatic heterocycles. The van der Waals surface area contributed by atoms with Crippen molar-refractivity contribution in [1.82, 2.24) is 0 Å². The van der Waals surface area contributed by atoms with Crippen LogP contribution in [0, 0.1) is 28.6 Å². The Labute approximate surface area is 138 Å². The highest BCUT2D eigenvalue weighted by Gasteiger charge is 2.55. The molecule has 120 valence electrons. The summed E-state index contributed by atoms with van der Waals surface area (Å²) in [6, 6.07) is 0. The van der Waals surface area contributed by atoms with Crippen molar-refractivity contribution < 1.29 is 9.59 Å². The average Bonchev–Trinajstić information content (AvgIpc) is 2.85. The number of ketones is 2. The van der Waals surface area contributed by atoms with E-state index in [9.17, 15) is 9.59 Å². The lowest BCUT2D eigenvalue weighted by Gasteiger charge is -2.49. The van der Waals surface area contributed by atoms with Crippen molar-refractivity contribution in [3.05, 3.63) is 47.6 Å². The molecule has 0 aromatic rings. The van der Waals surface area contributed by atoms with Crippen molar-refractivity contribution in [3.8, 4) is 0 Å². The summed E-state index contributed by atoms with van der Waals surface area (Å²) < 4.78 is 0. The first-order valence-corrected chi connectivity index (χ1v) is 8.71. The van der Waals surface area contributed by atoms with Gasteiger partial charge in [-0.2, -0.15) is 0 Å². The Morgan fingerprint density at radius 1 is 1.22 bits per heavy atom. The molecule has 1 saturated carbocycles. The smallest absolute Gasteiger partial charge is 0.178 e. The summed E-state index contributed by atoms with van der Waals surface area (Å²) in [5, 5.41) is 0. The Kier molecular flexibility index (Phi) is 3.01. The summed E-state index contributed by atoms with van der Waals surface area (Å²) in [6.45, 7) is 6.29. The van der Waals surface area contributed by atoms with Crippen molar-refractivity contribution in [2.45, 2.75) is 40.0 Å². The molecule has 0 heterocycles. The molecule has 0 unspecified atom stereocenters. The standard InChI is InChI=1S/C21H24O2/c1-13(22)17-6-7-18-16-5-4-14-12-15(23)8-10-20(14,2)19(16)9-11-21(17,18)3/h4-5,8-10,12,16-18H,6-7,11H2,1-3H3/t16-,17+,18-,20-,21+/m0/s1. The van der Waals surface area contributed by atoms with Gasteiger partial charge in [0.1, 0.15) is 5.78 Å². The van der Waals surface area contributed by atoms with Crippen LogP contribution in [0.2, 0.25) is 0 Å². The first kappa shape index (κ1) is 14.9. The summed E-state index contributed by atoms with van der Waals surface area (Å²) in [5.41, 5.74) is 2.48. The summed E-state index contributed by atoms with van der Waals surface area (Å²) in [7, 11) is 0. The zero-order chi connectivity index (χ0) is 16.4. The van der Waals surface area contributed by atoms with Gasteiger partial charge in [0, 0.05) is 17.3 Å². The average molecular weight is 308 g/mol. The van der Waals surface area contributed by atoms with Crippen LogP contribution in [0.5, 0.6) is 0 Å². The number of Topliss-reactive ketones (excluding diaryl/α,β-unsaturated/α-hetero) is 1. The topological polar surface area (TPSA) is 34.1 Å². The van der Waals surface area contributed by atoms with Crippen LogP contribution in [0.15, 0.2) is 47.6 Å². The third-order valence-corrected chi connectivity index (χ3v) is 7.02. The molecular weight excluding hydrogens is 284 g/mol. The first-order valence-electron chi connectivity index (χ1n) is 8.71. The van der Waals surface area contributed by atoms with Crippen molar-refractivity contribution in [1.29, 1.82) is 0 Å². The summed E-state index contributed by atoms with van der Waals surface area (Å²) in [6.07, 6.45) is 15.5. The van der Waals surface area contributed by atoms with Gasteiger partial charge in [-0.25, -0.2) is 0 Å². The van der Waals surface area contributed by atoms with E-state index in [4.69, 9.17) is 0 Å². The number of carbonyl (C=O) groups excluding carboxylic acids is 2. The third kappa shape index (κ3) is 1.87. The van der Waals surface area contributed by atoms with E-state index in [1.54, 1.807) is 19.1 Å². The van der Waals surface area contributed by atoms with Crippen LogP contribution < -0.4 is 0 Å². The summed E-state index contributed by atoms with van der Waals surface area (Å²) in [4.78, 5) is 23.8. The molecule has 0 bridgehead atoms. The summed E-state index contributed by atoms with van der Waals surface area (Å²) in [5.74, 6) is 1.57. The van der Waals surface area contributed by atoms with E-state index >= 15 is 0 Å². The van der Waals surface area contributed by atoms with Gasteiger partial charge in [-0.15, -0.1) is 0 Å². The number of rotatable bonds is 1. The van der Waals surface area contributed by atoms with Crippen LogP contribution in [0.4, 0.5) is 0 Å². The van der Waals surface area contributed by atoms with E-state index in [0.717, 1.165) is 24.8 Å². The van der Waals surface area contributed by atoms with Gasteiger partial charge in [0.2, 0.25) is 0 Å². The number of carbonyl (C=O) groups is 2. The van der Waals surface area contributed by atoms with Crippen molar-refractivity contribution >= 4 is 11.6 Å². The van der Waals surface area contributed by atoms with Crippen molar-refractivity contribution in [2.24, 2.45) is 28.6 Å². The molecule has 0 N–H and O–H groups in total. The first-order chi connectivity index (χ1) is 10.9. The maximum absolute atomic E-state index is 12.1. The van der Waals surface area contributed by atoms with E-state index in [1.165, 1.54) is 5.57 Å². The fourth-order valence-corrected chi connectivity index (χ4v) is 5.68. The number of fused-ring (bicyclic) bond motifs is 5. The van der Waals surface area contributed by atoms with E-state index in [-0.39, 0.29) is 22.5 Å². The number of hydrogen-bond acceptors (Lipinski definition) is 2. The van der Waals surface area contributed by atoms with Crippen LogP contribution in [0.3, 0.4) is 0 Å². The number of allylic oxidation sites excluding steroid dienone is 8. The molecule has 2 nitrogen and oxygen atoms in total. The maximum atomic E-state index is 12.1. The van der Waals surface area contributed by atoms with Gasteiger partial charge >= 0.3 is 0 Å². The molecule has 0 aliphatic heterocycles. The lowest BCUT2D eigenvalue weighted by Crippen LogP contribution is -2.43. The lowest BCUT2D eigenvalue weighted by atomic mass is 9.54. The Balaban J connectivity index is 1.80. The molecule has 4 aliphatic carbocycles. The molecular formula is C21H24O2. The van der Waals surface area contributed by atoms with Crippen LogP contribution in [-0.4, -0.2) is 11.6 Å². The predicted molar refractivity (Wildman–Crippen MR) is 90.7 cm³/mol. The SMILES string of the molecule is CC(=O)[C@H]1CC[C@H]2[C@@H]3C=CC4=CC(=O)C=C[C@]4(C)C3=CC[C@]12C. The second-order valence-electron chi connectivity index (χ2n) is 8.14. The largest absolute Gasteiger partial charge is 0.300 e. The Morgan fingerprint density at radius 2 is 2.00 bits per heavy atom. The van der Waals surface area contributed by atoms with Gasteiger partial charge in [0.05, 0.1) is 0 Å². The third-order valence-electron chi connectivity index (χ3n) is 7.02. The Hall–Kier alpha value is -1.70. The zero-order valence-electron chi connectivity index (χ0n) is 14.1. The van der Waals surface area contributed by atoms with E-state index < -0.39 is 0 Å². The van der Waals surface area contributed by atoms with Crippen molar-refractivity contribution in [3.63, 3.8) is 0 Å². The molecule has 4 aliphatic rings. The predicted octanol–water partition coefficient (Wildman–Crippen LogP) is 4.20. The molecule has 0 spiro atoms. The zero-order valence-corrected chi connectivity index (χ0v) is 14.1. The Morgan fingerprint density at radius 3 is 2.74 bits per heavy atom. The van der Waals surface area contributed by atoms with E-state index in [1.807, 2.05) is 0 Å². The molecule has 0 saturated heterocycles. The molecule has 2 heteroatoms. The quantitative estimate of drug-likeness (QED) is 0.680. The monoisotopic (exact) mass is 308 g/mol. The summed E-state index contributed by atoms with van der Waals surface area (Å²) >= 11 is 0. The molecule has 4 rings (SSSR count). The van der Waals surface area contributed by atoms with E-state index in [2.05, 4.69) is 38.2 Å². The van der Waals surface area contributed by atoms with Gasteiger partial charge < -0.3 is 0 Å². The minimum absolute atomic E-state index is 0.0827. The molecule has 23 heavy (non-hydrogen) atoms. The van der Waals surface area contributed by atoms with Gasteiger partial charge in [-0.3, -0.25) is 9.59 Å². The highest BCUT2D eigenvalue weighted by atomic mass is 16.1. The second kappa shape index (κ2) is 4.66. The minimum atomic E-state index is -0.150. The lowest BCUT2D eigenvalue weighted by molar-refractivity contribution is -0.124. The van der Waals surface area contributed by atoms with Crippen LogP contribution in [0.1, 0.15) is 40.0 Å². The number of hydrogen-bond donors (Lipinski definition) is 0. The molecule has 0 aromatic carbocycles.